The van der Waals surface area contributed by atoms with E-state index in [2.05, 4.69) is 61.5 Å². The van der Waals surface area contributed by atoms with Gasteiger partial charge in [0.1, 0.15) is 0 Å². The van der Waals surface area contributed by atoms with Crippen LogP contribution in [-0.4, -0.2) is 13.1 Å². The average Bonchev–Trinajstić information content (AvgIpc) is 2.79. The van der Waals surface area contributed by atoms with Crippen LogP contribution < -0.4 is 0 Å². The van der Waals surface area contributed by atoms with E-state index < -0.39 is 0 Å². The van der Waals surface area contributed by atoms with Crippen molar-refractivity contribution in [2.75, 3.05) is 7.11 Å². The fraction of sp³-hybridized carbons (Fsp3) is 0.906. The maximum atomic E-state index is 13.4. The topological polar surface area (TPSA) is 26.3 Å². The van der Waals surface area contributed by atoms with E-state index in [1.165, 1.54) is 32.1 Å². The van der Waals surface area contributed by atoms with Crippen molar-refractivity contribution in [3.63, 3.8) is 0 Å². The van der Waals surface area contributed by atoms with E-state index in [0.29, 0.717) is 34.0 Å². The Labute approximate surface area is 210 Å². The molecule has 0 aliphatic heterocycles. The van der Waals surface area contributed by atoms with Crippen LogP contribution in [0.4, 0.5) is 0 Å². The van der Waals surface area contributed by atoms with Crippen molar-refractivity contribution in [2.45, 2.75) is 113 Å². The highest BCUT2D eigenvalue weighted by Crippen LogP contribution is 2.76. The molecule has 0 N–H and O–H groups in total. The number of esters is 1. The summed E-state index contributed by atoms with van der Waals surface area (Å²) in [5, 5.41) is 0. The van der Waals surface area contributed by atoms with E-state index in [0.717, 1.165) is 43.4 Å². The van der Waals surface area contributed by atoms with Crippen LogP contribution in [0.15, 0.2) is 11.6 Å². The summed E-state index contributed by atoms with van der Waals surface area (Å²) < 4.78 is 5.53. The fourth-order valence-corrected chi connectivity index (χ4v) is 11.2. The minimum absolute atomic E-state index is 0.0742. The van der Waals surface area contributed by atoms with E-state index in [1.54, 1.807) is 12.7 Å². The van der Waals surface area contributed by atoms with Crippen LogP contribution in [0.5, 0.6) is 0 Å². The SMILES string of the molecule is COC(=O)[C@]12CC[C@@H](C)[C@H](C)[C@H]1C1=CCC3[C@@]4(C)CC[C@H](C)C(C)(C)C4CC[C@@]3(C)[C@]1(C)CC2. The Morgan fingerprint density at radius 2 is 1.59 bits per heavy atom. The van der Waals surface area contributed by atoms with Crippen LogP contribution in [0.2, 0.25) is 0 Å². The summed E-state index contributed by atoms with van der Waals surface area (Å²) in [6.45, 7) is 20.5. The number of allylic oxidation sites excluding steroid dienone is 2. The summed E-state index contributed by atoms with van der Waals surface area (Å²) in [7, 11) is 1.62. The molecule has 0 aromatic rings. The highest BCUT2D eigenvalue weighted by Gasteiger charge is 2.69. The smallest absolute Gasteiger partial charge is 0.312 e. The first-order valence-corrected chi connectivity index (χ1v) is 14.6. The largest absolute Gasteiger partial charge is 0.469 e. The molecular weight excluding hydrogens is 416 g/mol. The summed E-state index contributed by atoms with van der Waals surface area (Å²) >= 11 is 0. The third-order valence-corrected chi connectivity index (χ3v) is 14.1. The Kier molecular flexibility index (Phi) is 5.57. The van der Waals surface area contributed by atoms with E-state index >= 15 is 0 Å². The van der Waals surface area contributed by atoms with Crippen molar-refractivity contribution in [1.29, 1.82) is 0 Å². The van der Waals surface area contributed by atoms with Crippen LogP contribution in [0.25, 0.3) is 0 Å². The molecule has 34 heavy (non-hydrogen) atoms. The van der Waals surface area contributed by atoms with Gasteiger partial charge in [0.25, 0.3) is 0 Å². The molecule has 2 unspecified atom stereocenters. The van der Waals surface area contributed by atoms with E-state index in [9.17, 15) is 4.79 Å². The number of methoxy groups -OCH3 is 1. The van der Waals surface area contributed by atoms with E-state index in [4.69, 9.17) is 4.74 Å². The van der Waals surface area contributed by atoms with Gasteiger partial charge in [-0.3, -0.25) is 4.79 Å². The molecule has 0 saturated heterocycles. The van der Waals surface area contributed by atoms with Crippen LogP contribution >= 0.6 is 0 Å². The first-order chi connectivity index (χ1) is 15.8. The van der Waals surface area contributed by atoms with Crippen molar-refractivity contribution >= 4 is 5.97 Å². The van der Waals surface area contributed by atoms with Gasteiger partial charge in [0.2, 0.25) is 0 Å². The lowest BCUT2D eigenvalue weighted by atomic mass is 9.33. The van der Waals surface area contributed by atoms with Crippen LogP contribution in [0, 0.1) is 62.6 Å². The lowest BCUT2D eigenvalue weighted by Gasteiger charge is -2.71. The van der Waals surface area contributed by atoms with Crippen molar-refractivity contribution in [3.8, 4) is 0 Å². The molecule has 0 bridgehead atoms. The standard InChI is InChI=1S/C32H52O2/c1-20-12-17-32(27(33)34-9)19-18-30(7)23(26(32)22(20)3)10-11-25-29(6)15-13-21(2)28(4,5)24(29)14-16-31(25,30)8/h10,20-22,24-26H,11-19H2,1-9H3/t20-,21+,22+,24?,25?,26+,29+,30-,31-,32+/m1/s1. The molecule has 0 radical (unpaired) electrons. The highest BCUT2D eigenvalue weighted by atomic mass is 16.5. The Bertz CT molecular complexity index is 885. The predicted molar refractivity (Wildman–Crippen MR) is 140 cm³/mol. The summed E-state index contributed by atoms with van der Waals surface area (Å²) in [5.74, 6) is 4.04. The molecular formula is C32H52O2. The highest BCUT2D eigenvalue weighted by molar-refractivity contribution is 5.78. The van der Waals surface area contributed by atoms with E-state index in [-0.39, 0.29) is 16.8 Å². The molecule has 192 valence electrons. The summed E-state index contributed by atoms with van der Waals surface area (Å²) in [6.07, 6.45) is 13.7. The second-order valence-corrected chi connectivity index (χ2v) is 15.1. The molecule has 5 aliphatic carbocycles. The monoisotopic (exact) mass is 468 g/mol. The number of hydrogen-bond acceptors (Lipinski definition) is 2. The quantitative estimate of drug-likeness (QED) is 0.285. The van der Waals surface area contributed by atoms with E-state index in [1.807, 2.05) is 0 Å². The molecule has 10 atom stereocenters. The second kappa shape index (κ2) is 7.61. The van der Waals surface area contributed by atoms with Crippen molar-refractivity contribution in [2.24, 2.45) is 62.6 Å². The number of fused-ring (bicyclic) bond motifs is 7. The Morgan fingerprint density at radius 3 is 2.26 bits per heavy atom. The Balaban J connectivity index is 1.61. The van der Waals surface area contributed by atoms with Crippen LogP contribution in [-0.2, 0) is 9.53 Å². The summed E-state index contributed by atoms with van der Waals surface area (Å²) in [4.78, 5) is 13.4. The van der Waals surface area contributed by atoms with Crippen LogP contribution in [0.3, 0.4) is 0 Å². The fourth-order valence-electron chi connectivity index (χ4n) is 11.2. The minimum atomic E-state index is -0.293. The molecule has 2 nitrogen and oxygen atoms in total. The van der Waals surface area contributed by atoms with Gasteiger partial charge in [-0.25, -0.2) is 0 Å². The van der Waals surface area contributed by atoms with Gasteiger partial charge in [-0.2, -0.15) is 0 Å². The molecule has 0 aromatic heterocycles. The number of carbonyl (C=O) groups is 1. The first-order valence-electron chi connectivity index (χ1n) is 14.6. The molecule has 2 heteroatoms. The molecule has 5 aliphatic rings. The molecule has 0 amide bonds. The molecule has 0 aromatic carbocycles. The summed E-state index contributed by atoms with van der Waals surface area (Å²) in [6, 6.07) is 0. The zero-order chi connectivity index (χ0) is 24.9. The number of rotatable bonds is 1. The van der Waals surface area contributed by atoms with Gasteiger partial charge < -0.3 is 4.74 Å². The summed E-state index contributed by atoms with van der Waals surface area (Å²) in [5.41, 5.74) is 2.74. The third-order valence-electron chi connectivity index (χ3n) is 14.1. The Morgan fingerprint density at radius 1 is 0.882 bits per heavy atom. The maximum absolute atomic E-state index is 13.4. The molecule has 4 saturated carbocycles. The zero-order valence-electron chi connectivity index (χ0n) is 23.7. The lowest BCUT2D eigenvalue weighted by Crippen LogP contribution is -2.65. The lowest BCUT2D eigenvalue weighted by molar-refractivity contribution is -0.197. The number of hydrogen-bond donors (Lipinski definition) is 0. The molecule has 0 heterocycles. The van der Waals surface area contributed by atoms with Gasteiger partial charge in [-0.1, -0.05) is 67.0 Å². The molecule has 0 spiro atoms. The Hall–Kier alpha value is -0.790. The molecule has 4 fully saturated rings. The third kappa shape index (κ3) is 2.84. The molecule has 5 rings (SSSR count). The second-order valence-electron chi connectivity index (χ2n) is 15.1. The van der Waals surface area contributed by atoms with Crippen molar-refractivity contribution in [3.05, 3.63) is 11.6 Å². The minimum Gasteiger partial charge on any atom is -0.469 e. The van der Waals surface area contributed by atoms with Gasteiger partial charge >= 0.3 is 5.97 Å². The maximum Gasteiger partial charge on any atom is 0.312 e. The van der Waals surface area contributed by atoms with Crippen molar-refractivity contribution in [1.82, 2.24) is 0 Å². The number of ether oxygens (including phenoxy) is 1. The first kappa shape index (κ1) is 24.9. The zero-order valence-corrected chi connectivity index (χ0v) is 23.7. The van der Waals surface area contributed by atoms with Crippen LogP contribution in [0.1, 0.15) is 113 Å². The van der Waals surface area contributed by atoms with Gasteiger partial charge in [0.05, 0.1) is 12.5 Å². The van der Waals surface area contributed by atoms with Gasteiger partial charge in [0.15, 0.2) is 0 Å². The van der Waals surface area contributed by atoms with Crippen molar-refractivity contribution < 1.29 is 9.53 Å². The predicted octanol–water partition coefficient (Wildman–Crippen LogP) is 8.45. The van der Waals surface area contributed by atoms with Gasteiger partial charge in [-0.15, -0.1) is 0 Å². The number of carbonyl (C=O) groups excluding carboxylic acids is 1. The van der Waals surface area contributed by atoms with Gasteiger partial charge in [-0.05, 0) is 115 Å². The van der Waals surface area contributed by atoms with Gasteiger partial charge in [0, 0.05) is 0 Å². The normalized spacial score (nSPS) is 54.0. The average molecular weight is 469 g/mol.